The minimum Gasteiger partial charge on any atom is -0.455 e. The Morgan fingerprint density at radius 2 is 1.74 bits per heavy atom. The monoisotopic (exact) mass is 728 g/mol. The number of rotatable bonds is 20. The van der Waals surface area contributed by atoms with Crippen molar-refractivity contribution in [2.24, 2.45) is 11.8 Å². The molecule has 1 spiro atoms. The van der Waals surface area contributed by atoms with Crippen LogP contribution in [0.4, 0.5) is 11.4 Å². The first-order valence-electron chi connectivity index (χ1n) is 19.2. The average Bonchev–Trinajstić information content (AvgIpc) is 3.81. The lowest BCUT2D eigenvalue weighted by molar-refractivity contribution is -0.162. The predicted octanol–water partition coefficient (Wildman–Crippen LogP) is 5.34. The lowest BCUT2D eigenvalue weighted by Crippen LogP contribution is -2.56. The molecule has 5 rings (SSSR count). The zero-order chi connectivity index (χ0) is 38.1. The van der Waals surface area contributed by atoms with Crippen molar-refractivity contribution in [1.82, 2.24) is 10.2 Å². The molecule has 286 valence electrons. The number of hydrogen-bond donors (Lipinski definition) is 2. The van der Waals surface area contributed by atoms with Gasteiger partial charge in [0, 0.05) is 50.6 Å². The van der Waals surface area contributed by atoms with Crippen LogP contribution in [-0.2, 0) is 28.7 Å². The number of ether oxygens (including phenoxy) is 2. The zero-order valence-electron chi connectivity index (χ0n) is 31.5. The molecule has 0 radical (unpaired) electrons. The first kappa shape index (κ1) is 39.7. The lowest BCUT2D eigenvalue weighted by atomic mass is 9.70. The van der Waals surface area contributed by atoms with Crippen LogP contribution in [0.2, 0.25) is 0 Å². The van der Waals surface area contributed by atoms with Gasteiger partial charge in [0.1, 0.15) is 17.7 Å². The third kappa shape index (κ3) is 8.21. The zero-order valence-corrected chi connectivity index (χ0v) is 31.5. The molecule has 3 aliphatic heterocycles. The van der Waals surface area contributed by atoms with E-state index in [9.17, 15) is 24.3 Å². The second kappa shape index (κ2) is 18.0. The maximum absolute atomic E-state index is 14.9. The van der Waals surface area contributed by atoms with E-state index >= 15 is 0 Å². The number of anilines is 2. The Balaban J connectivity index is 1.46. The van der Waals surface area contributed by atoms with E-state index in [1.54, 1.807) is 28.9 Å². The summed E-state index contributed by atoms with van der Waals surface area (Å²) in [5.41, 5.74) is 1.21. The normalized spacial score (nSPS) is 23.9. The molecule has 11 heteroatoms. The smallest absolute Gasteiger partial charge is 0.313 e. The molecule has 2 N–H and O–H groups in total. The van der Waals surface area contributed by atoms with E-state index in [0.29, 0.717) is 49.8 Å². The number of nitrogens with one attached hydrogen (secondary N) is 1. The van der Waals surface area contributed by atoms with Crippen molar-refractivity contribution < 1.29 is 33.8 Å². The van der Waals surface area contributed by atoms with Crippen LogP contribution in [0.3, 0.4) is 0 Å². The maximum atomic E-state index is 14.9. The number of likely N-dealkylation sites (tertiary alicyclic amines) is 1. The largest absolute Gasteiger partial charge is 0.455 e. The SMILES string of the molecule is C=CCCC(=O)N[C@@H](C)[C@H](OC(=O)[C@@H]1[C@H]2C(=O)N(CCCCCO)[C@H](C(=O)N(CC=C)c3ccc(N(CC)CC)cc3)[C@]23CC[C@H]1O3)c1ccccc1. The number of aliphatic hydroxyl groups excluding tert-OH is 1. The van der Waals surface area contributed by atoms with Gasteiger partial charge in [-0.25, -0.2) is 0 Å². The number of hydrogen-bond acceptors (Lipinski definition) is 8. The molecule has 3 aliphatic rings. The van der Waals surface area contributed by atoms with Gasteiger partial charge in [-0.05, 0) is 89.1 Å². The summed E-state index contributed by atoms with van der Waals surface area (Å²) in [7, 11) is 0. The second-order valence-electron chi connectivity index (χ2n) is 14.2. The predicted molar refractivity (Wildman–Crippen MR) is 205 cm³/mol. The van der Waals surface area contributed by atoms with E-state index in [1.807, 2.05) is 54.6 Å². The summed E-state index contributed by atoms with van der Waals surface area (Å²) in [6.45, 7) is 15.8. The van der Waals surface area contributed by atoms with Gasteiger partial charge in [0.05, 0.1) is 24.0 Å². The Kier molecular flexibility index (Phi) is 13.5. The second-order valence-corrected chi connectivity index (χ2v) is 14.2. The summed E-state index contributed by atoms with van der Waals surface area (Å²) in [6.07, 6.45) is 5.47. The fourth-order valence-electron chi connectivity index (χ4n) is 8.48. The number of benzene rings is 2. The van der Waals surface area contributed by atoms with Gasteiger partial charge >= 0.3 is 5.97 Å². The fraction of sp³-hybridized carbons (Fsp3) is 0.524. The molecular weight excluding hydrogens is 672 g/mol. The molecule has 7 atom stereocenters. The van der Waals surface area contributed by atoms with E-state index in [1.165, 1.54) is 0 Å². The van der Waals surface area contributed by atoms with Gasteiger partial charge in [0.2, 0.25) is 11.8 Å². The summed E-state index contributed by atoms with van der Waals surface area (Å²) in [5, 5.41) is 12.4. The molecule has 3 amide bonds. The molecule has 2 aromatic carbocycles. The molecule has 2 bridgehead atoms. The van der Waals surface area contributed by atoms with Gasteiger partial charge in [-0.3, -0.25) is 19.2 Å². The van der Waals surface area contributed by atoms with Crippen LogP contribution >= 0.6 is 0 Å². The van der Waals surface area contributed by atoms with Gasteiger partial charge in [0.15, 0.2) is 0 Å². The highest BCUT2D eigenvalue weighted by molar-refractivity contribution is 6.04. The van der Waals surface area contributed by atoms with Crippen molar-refractivity contribution in [2.75, 3.05) is 42.6 Å². The molecule has 3 fully saturated rings. The van der Waals surface area contributed by atoms with Crippen LogP contribution in [0, 0.1) is 11.8 Å². The molecule has 2 aromatic rings. The van der Waals surface area contributed by atoms with Gasteiger partial charge in [-0.1, -0.05) is 42.5 Å². The molecular formula is C42H56N4O7. The summed E-state index contributed by atoms with van der Waals surface area (Å²) >= 11 is 0. The molecule has 0 unspecified atom stereocenters. The molecule has 3 heterocycles. The van der Waals surface area contributed by atoms with E-state index in [2.05, 4.69) is 37.2 Å². The fourth-order valence-corrected chi connectivity index (χ4v) is 8.48. The summed E-state index contributed by atoms with van der Waals surface area (Å²) < 4.78 is 13.0. The number of carbonyl (C=O) groups is 4. The summed E-state index contributed by atoms with van der Waals surface area (Å²) in [4.78, 5) is 62.2. The van der Waals surface area contributed by atoms with Crippen molar-refractivity contribution in [3.8, 4) is 0 Å². The first-order chi connectivity index (χ1) is 25.6. The van der Waals surface area contributed by atoms with E-state index in [-0.39, 0.29) is 43.8 Å². The van der Waals surface area contributed by atoms with Gasteiger partial charge < -0.3 is 34.6 Å². The Labute approximate surface area is 314 Å². The number of aliphatic hydroxyl groups is 1. The number of unbranched alkanes of at least 4 members (excludes halogenated alkanes) is 2. The van der Waals surface area contributed by atoms with Crippen LogP contribution in [0.15, 0.2) is 79.9 Å². The standard InChI is InChI=1S/C42H56N4O7/c1-6-10-19-34(48)43-29(5)37(30-17-13-11-14-18-30)52-41(51)35-33-24-25-42(53-33)36(35)39(49)46(27-15-12-16-28-47)38(42)40(50)45(26-7-2)32-22-20-31(21-23-32)44(8-3)9-4/h6-7,11,13-14,17-18,20-23,29,33,35-38,47H,1-2,8-10,12,15-16,19,24-28H2,3-5H3,(H,43,48)/t29-,33+,35-,36-,37-,38+,42-/m0/s1. The quantitative estimate of drug-likeness (QED) is 0.106. The number of carbonyl (C=O) groups excluding carboxylic acids is 4. The van der Waals surface area contributed by atoms with Crippen molar-refractivity contribution in [2.45, 2.75) is 95.6 Å². The third-order valence-corrected chi connectivity index (χ3v) is 11.0. The number of amides is 3. The van der Waals surface area contributed by atoms with Gasteiger partial charge in [-0.15, -0.1) is 13.2 Å². The Morgan fingerprint density at radius 3 is 2.38 bits per heavy atom. The highest BCUT2D eigenvalue weighted by Gasteiger charge is 2.75. The minimum atomic E-state index is -1.22. The van der Waals surface area contributed by atoms with Crippen molar-refractivity contribution in [1.29, 1.82) is 0 Å². The van der Waals surface area contributed by atoms with Crippen molar-refractivity contribution in [3.05, 3.63) is 85.5 Å². The molecule has 0 saturated carbocycles. The number of nitrogens with zero attached hydrogens (tertiary/aromatic N) is 3. The van der Waals surface area contributed by atoms with Gasteiger partial charge in [0.25, 0.3) is 5.91 Å². The first-order valence-corrected chi connectivity index (χ1v) is 19.2. The third-order valence-electron chi connectivity index (χ3n) is 11.0. The molecule has 0 aromatic heterocycles. The molecule has 3 saturated heterocycles. The summed E-state index contributed by atoms with van der Waals surface area (Å²) in [5.74, 6) is -3.19. The van der Waals surface area contributed by atoms with E-state index < -0.39 is 47.7 Å². The maximum Gasteiger partial charge on any atom is 0.313 e. The summed E-state index contributed by atoms with van der Waals surface area (Å²) in [6, 6.07) is 15.5. The molecule has 11 nitrogen and oxygen atoms in total. The Morgan fingerprint density at radius 1 is 1.04 bits per heavy atom. The van der Waals surface area contributed by atoms with Crippen LogP contribution in [0.25, 0.3) is 0 Å². The Hall–Kier alpha value is -4.48. The molecule has 0 aliphatic carbocycles. The van der Waals surface area contributed by atoms with Crippen molar-refractivity contribution in [3.63, 3.8) is 0 Å². The van der Waals surface area contributed by atoms with Crippen molar-refractivity contribution >= 4 is 35.1 Å². The van der Waals surface area contributed by atoms with Crippen LogP contribution < -0.4 is 15.1 Å². The number of allylic oxidation sites excluding steroid dienone is 1. The minimum absolute atomic E-state index is 0.0356. The van der Waals surface area contributed by atoms with E-state index in [0.717, 1.165) is 18.8 Å². The van der Waals surface area contributed by atoms with Crippen LogP contribution in [-0.4, -0.2) is 90.3 Å². The van der Waals surface area contributed by atoms with Crippen LogP contribution in [0.5, 0.6) is 0 Å². The Bertz CT molecular complexity index is 1600. The van der Waals surface area contributed by atoms with E-state index in [4.69, 9.17) is 9.47 Å². The van der Waals surface area contributed by atoms with Crippen LogP contribution in [0.1, 0.15) is 77.4 Å². The highest BCUT2D eigenvalue weighted by atomic mass is 16.6. The average molecular weight is 729 g/mol. The highest BCUT2D eigenvalue weighted by Crippen LogP contribution is 2.59. The molecule has 53 heavy (non-hydrogen) atoms. The van der Waals surface area contributed by atoms with Gasteiger partial charge in [-0.2, -0.15) is 0 Å². The number of esters is 1. The topological polar surface area (TPSA) is 129 Å². The number of fused-ring (bicyclic) bond motifs is 1. The lowest BCUT2D eigenvalue weighted by Gasteiger charge is -2.37.